The van der Waals surface area contributed by atoms with Gasteiger partial charge in [-0.3, -0.25) is 29.8 Å². The number of nitrogens with zero attached hydrogens (tertiary/aromatic N) is 3. The van der Waals surface area contributed by atoms with E-state index >= 15 is 0 Å². The van der Waals surface area contributed by atoms with E-state index in [1.165, 1.54) is 30.3 Å². The van der Waals surface area contributed by atoms with Crippen molar-refractivity contribution in [2.24, 2.45) is 0 Å². The Morgan fingerprint density at radius 2 is 1.74 bits per heavy atom. The highest BCUT2D eigenvalue weighted by atomic mass is 16.6. The number of non-ortho nitro benzene ring substituents is 1. The fourth-order valence-corrected chi connectivity index (χ4v) is 3.77. The normalized spacial score (nSPS) is 13.8. The number of hydrogen-bond donors (Lipinski definition) is 2. The zero-order valence-corrected chi connectivity index (χ0v) is 20.5. The molecule has 13 nitrogen and oxygen atoms in total. The Morgan fingerprint density at radius 3 is 2.41 bits per heavy atom. The molecule has 1 aliphatic rings. The molecule has 4 rings (SSSR count). The van der Waals surface area contributed by atoms with Crippen LogP contribution in [0.4, 0.5) is 21.9 Å². The first-order valence-electron chi connectivity index (χ1n) is 11.6. The molecule has 2 N–H and O–H groups in total. The summed E-state index contributed by atoms with van der Waals surface area (Å²) >= 11 is 0. The van der Waals surface area contributed by atoms with Gasteiger partial charge in [-0.1, -0.05) is 37.3 Å². The minimum Gasteiger partial charge on any atom is -0.450 e. The minimum absolute atomic E-state index is 0.0403. The molecule has 0 aliphatic carbocycles. The molecule has 3 aromatic carbocycles. The smallest absolute Gasteiger partial charge is 0.329 e. The Morgan fingerprint density at radius 1 is 1.03 bits per heavy atom. The lowest BCUT2D eigenvalue weighted by atomic mass is 10.1. The lowest BCUT2D eigenvalue weighted by molar-refractivity contribution is -0.394. The number of anilines is 1. The van der Waals surface area contributed by atoms with Crippen LogP contribution in [0.5, 0.6) is 11.5 Å². The van der Waals surface area contributed by atoms with Gasteiger partial charge in [-0.15, -0.1) is 0 Å². The zero-order valence-electron chi connectivity index (χ0n) is 20.5. The third-order valence-corrected chi connectivity index (χ3v) is 5.71. The van der Waals surface area contributed by atoms with Gasteiger partial charge in [-0.25, -0.2) is 9.69 Å². The molecule has 0 saturated carbocycles. The second-order valence-corrected chi connectivity index (χ2v) is 8.28. The highest BCUT2D eigenvalue weighted by Gasteiger charge is 2.35. The maximum absolute atomic E-state index is 12.8. The molecule has 1 aliphatic heterocycles. The van der Waals surface area contributed by atoms with Crippen LogP contribution >= 0.6 is 0 Å². The summed E-state index contributed by atoms with van der Waals surface area (Å²) in [5.74, 6) is -1.20. The number of nitrogens with one attached hydrogen (secondary N) is 2. The predicted molar refractivity (Wildman–Crippen MR) is 139 cm³/mol. The summed E-state index contributed by atoms with van der Waals surface area (Å²) in [6.07, 6.45) is 2.10. The van der Waals surface area contributed by atoms with Crippen LogP contribution in [0, 0.1) is 20.2 Å². The number of aryl methyl sites for hydroxylation is 1. The first-order valence-corrected chi connectivity index (χ1v) is 11.6. The van der Waals surface area contributed by atoms with Crippen LogP contribution in [0.25, 0.3) is 6.08 Å². The summed E-state index contributed by atoms with van der Waals surface area (Å²) < 4.78 is 5.52. The van der Waals surface area contributed by atoms with Crippen molar-refractivity contribution in [3.8, 4) is 11.5 Å². The summed E-state index contributed by atoms with van der Waals surface area (Å²) in [5, 5.41) is 27.4. The van der Waals surface area contributed by atoms with Crippen LogP contribution in [-0.2, 0) is 16.0 Å². The number of nitro groups is 2. The highest BCUT2D eigenvalue weighted by Crippen LogP contribution is 2.34. The molecule has 0 radical (unpaired) electrons. The monoisotopic (exact) mass is 531 g/mol. The zero-order chi connectivity index (χ0) is 28.1. The number of hydrogen-bond acceptors (Lipinski definition) is 8. The van der Waals surface area contributed by atoms with Crippen molar-refractivity contribution in [2.45, 2.75) is 13.3 Å². The molecule has 0 spiro atoms. The summed E-state index contributed by atoms with van der Waals surface area (Å²) in [4.78, 5) is 59.1. The van der Waals surface area contributed by atoms with E-state index in [1.54, 1.807) is 12.1 Å². The molecule has 3 aromatic rings. The fourth-order valence-electron chi connectivity index (χ4n) is 3.77. The van der Waals surface area contributed by atoms with Gasteiger partial charge in [0.1, 0.15) is 18.0 Å². The largest absolute Gasteiger partial charge is 0.450 e. The van der Waals surface area contributed by atoms with Crippen LogP contribution in [0.2, 0.25) is 0 Å². The van der Waals surface area contributed by atoms with E-state index in [1.807, 2.05) is 19.1 Å². The average molecular weight is 531 g/mol. The third-order valence-electron chi connectivity index (χ3n) is 5.71. The van der Waals surface area contributed by atoms with Crippen molar-refractivity contribution in [1.29, 1.82) is 0 Å². The van der Waals surface area contributed by atoms with Crippen molar-refractivity contribution in [1.82, 2.24) is 10.2 Å². The summed E-state index contributed by atoms with van der Waals surface area (Å²) in [6, 6.07) is 15.5. The van der Waals surface area contributed by atoms with Crippen LogP contribution in [-0.4, -0.2) is 39.1 Å². The van der Waals surface area contributed by atoms with Gasteiger partial charge in [0.25, 0.3) is 11.6 Å². The van der Waals surface area contributed by atoms with Gasteiger partial charge in [-0.05, 0) is 47.9 Å². The number of rotatable bonds is 9. The van der Waals surface area contributed by atoms with Crippen LogP contribution < -0.4 is 15.4 Å². The standard InChI is InChI=1S/C26H21N5O8/c1-2-17-5-3-4-6-20(17)27-24(32)15-29-25(33)21(28-26(29)34)13-16-7-10-19(11-8-16)39-23-12-9-18(30(35)36)14-22(23)31(37)38/h3-14H,2,15H2,1H3,(H,27,32)(H,28,34)/b21-13+. The van der Waals surface area contributed by atoms with E-state index in [2.05, 4.69) is 10.6 Å². The molecule has 13 heteroatoms. The first-order chi connectivity index (χ1) is 18.7. The van der Waals surface area contributed by atoms with Gasteiger partial charge < -0.3 is 15.4 Å². The van der Waals surface area contributed by atoms with Crippen LogP contribution in [0.15, 0.2) is 72.4 Å². The first kappa shape index (κ1) is 26.5. The van der Waals surface area contributed by atoms with Crippen molar-refractivity contribution in [2.75, 3.05) is 11.9 Å². The number of carbonyl (C=O) groups excluding carboxylic acids is 3. The third kappa shape index (κ3) is 6.05. The topological polar surface area (TPSA) is 174 Å². The van der Waals surface area contributed by atoms with Crippen LogP contribution in [0.3, 0.4) is 0 Å². The average Bonchev–Trinajstić information content (AvgIpc) is 3.17. The Hall–Kier alpha value is -5.59. The molecule has 1 heterocycles. The number of benzene rings is 3. The van der Waals surface area contributed by atoms with Crippen molar-refractivity contribution < 1.29 is 29.0 Å². The number of para-hydroxylation sites is 1. The van der Waals surface area contributed by atoms with Crippen molar-refractivity contribution in [3.63, 3.8) is 0 Å². The summed E-state index contributed by atoms with van der Waals surface area (Å²) in [6.45, 7) is 1.47. The van der Waals surface area contributed by atoms with Gasteiger partial charge in [0.15, 0.2) is 0 Å². The lowest BCUT2D eigenvalue weighted by Gasteiger charge is -2.13. The van der Waals surface area contributed by atoms with Gasteiger partial charge in [0, 0.05) is 11.8 Å². The quantitative estimate of drug-likeness (QED) is 0.177. The summed E-state index contributed by atoms with van der Waals surface area (Å²) in [5.41, 5.74) is 0.954. The van der Waals surface area contributed by atoms with Gasteiger partial charge in [0.2, 0.25) is 11.7 Å². The molecule has 4 amide bonds. The van der Waals surface area contributed by atoms with E-state index in [0.717, 1.165) is 28.7 Å². The fraction of sp³-hybridized carbons (Fsp3) is 0.115. The van der Waals surface area contributed by atoms with E-state index < -0.39 is 45.6 Å². The van der Waals surface area contributed by atoms with Crippen LogP contribution in [0.1, 0.15) is 18.1 Å². The molecule has 0 atom stereocenters. The molecule has 0 bridgehead atoms. The van der Waals surface area contributed by atoms with E-state index in [-0.39, 0.29) is 17.2 Å². The Bertz CT molecular complexity index is 1520. The number of ether oxygens (including phenoxy) is 1. The van der Waals surface area contributed by atoms with Gasteiger partial charge >= 0.3 is 11.7 Å². The molecule has 1 fully saturated rings. The highest BCUT2D eigenvalue weighted by molar-refractivity contribution is 6.16. The predicted octanol–water partition coefficient (Wildman–Crippen LogP) is 4.39. The van der Waals surface area contributed by atoms with Gasteiger partial charge in [0.05, 0.1) is 15.9 Å². The summed E-state index contributed by atoms with van der Waals surface area (Å²) in [7, 11) is 0. The molecule has 198 valence electrons. The Labute approximate surface area is 221 Å². The van der Waals surface area contributed by atoms with E-state index in [4.69, 9.17) is 4.74 Å². The number of amides is 4. The second kappa shape index (κ2) is 11.2. The second-order valence-electron chi connectivity index (χ2n) is 8.28. The molecule has 39 heavy (non-hydrogen) atoms. The molecule has 1 saturated heterocycles. The maximum atomic E-state index is 12.8. The van der Waals surface area contributed by atoms with Crippen molar-refractivity contribution >= 4 is 41.0 Å². The number of carbonyl (C=O) groups is 3. The lowest BCUT2D eigenvalue weighted by Crippen LogP contribution is -2.38. The van der Waals surface area contributed by atoms with E-state index in [0.29, 0.717) is 17.7 Å². The number of imide groups is 1. The minimum atomic E-state index is -0.788. The SMILES string of the molecule is CCc1ccccc1NC(=O)CN1C(=O)N/C(=C/c2ccc(Oc3ccc([N+](=O)[O-])cc3[N+](=O)[O-])cc2)C1=O. The van der Waals surface area contributed by atoms with E-state index in [9.17, 15) is 34.6 Å². The maximum Gasteiger partial charge on any atom is 0.329 e. The molecule has 0 unspecified atom stereocenters. The number of urea groups is 1. The molecule has 0 aromatic heterocycles. The number of nitro benzene ring substituents is 2. The molecular weight excluding hydrogens is 510 g/mol. The van der Waals surface area contributed by atoms with Crippen molar-refractivity contribution in [3.05, 3.63) is 104 Å². The van der Waals surface area contributed by atoms with Gasteiger partial charge in [-0.2, -0.15) is 0 Å². The Kier molecular flexibility index (Phi) is 7.61. The Balaban J connectivity index is 1.43. The molecular formula is C26H21N5O8.